The first-order chi connectivity index (χ1) is 14.1. The van der Waals surface area contributed by atoms with Gasteiger partial charge in [-0.3, -0.25) is 4.79 Å². The average Bonchev–Trinajstić information content (AvgIpc) is 3.19. The highest BCUT2D eigenvalue weighted by molar-refractivity contribution is 6.03. The first kappa shape index (κ1) is 18.4. The number of ether oxygens (including phenoxy) is 2. The van der Waals surface area contributed by atoms with Crippen LogP contribution in [-0.4, -0.2) is 39.9 Å². The van der Waals surface area contributed by atoms with Crippen LogP contribution in [0.3, 0.4) is 0 Å². The number of methoxy groups -OCH3 is 2. The maximum Gasteiger partial charge on any atom is 0.278 e. The number of benzene rings is 2. The number of nitrogens with one attached hydrogen (secondary N) is 1. The SMILES string of the molecule is COc1cccc(NC(=O)c2nnc3c(-c4ccccc4OC)cnn3c2C)c1. The molecule has 2 aromatic heterocycles. The van der Waals surface area contributed by atoms with Crippen LogP contribution >= 0.6 is 0 Å². The average molecular weight is 389 g/mol. The van der Waals surface area contributed by atoms with Crippen LogP contribution in [-0.2, 0) is 0 Å². The van der Waals surface area contributed by atoms with Gasteiger partial charge in [-0.25, -0.2) is 4.52 Å². The van der Waals surface area contributed by atoms with E-state index in [1.165, 1.54) is 0 Å². The summed E-state index contributed by atoms with van der Waals surface area (Å²) >= 11 is 0. The van der Waals surface area contributed by atoms with Crippen LogP contribution in [0, 0.1) is 6.92 Å². The Labute approximate surface area is 167 Å². The van der Waals surface area contributed by atoms with E-state index in [4.69, 9.17) is 9.47 Å². The lowest BCUT2D eigenvalue weighted by atomic mass is 10.1. The number of amides is 1. The second kappa shape index (κ2) is 7.59. The molecule has 8 nitrogen and oxygen atoms in total. The standard InChI is InChI=1S/C21H19N5O3/c1-13-19(21(27)23-14-7-6-8-15(11-14)28-2)24-25-20-17(12-22-26(13)20)16-9-4-5-10-18(16)29-3/h4-12H,1-3H3,(H,23,27). The third-order valence-corrected chi connectivity index (χ3v) is 4.59. The molecule has 4 rings (SSSR count). The predicted octanol–water partition coefficient (Wildman–Crippen LogP) is 3.37. The summed E-state index contributed by atoms with van der Waals surface area (Å²) in [6.45, 7) is 1.78. The van der Waals surface area contributed by atoms with Gasteiger partial charge in [0.25, 0.3) is 5.91 Å². The van der Waals surface area contributed by atoms with Crippen molar-refractivity contribution < 1.29 is 14.3 Å². The van der Waals surface area contributed by atoms with Gasteiger partial charge in [-0.15, -0.1) is 10.2 Å². The lowest BCUT2D eigenvalue weighted by molar-refractivity contribution is 0.102. The normalized spacial score (nSPS) is 10.7. The number of aryl methyl sites for hydroxylation is 1. The van der Waals surface area contributed by atoms with Crippen LogP contribution in [0.1, 0.15) is 16.2 Å². The van der Waals surface area contributed by atoms with Gasteiger partial charge in [-0.1, -0.05) is 24.3 Å². The maximum atomic E-state index is 12.7. The molecule has 0 unspecified atom stereocenters. The number of fused-ring (bicyclic) bond motifs is 1. The van der Waals surface area contributed by atoms with Crippen LogP contribution in [0.2, 0.25) is 0 Å². The molecule has 8 heteroatoms. The molecule has 0 atom stereocenters. The highest BCUT2D eigenvalue weighted by atomic mass is 16.5. The van der Waals surface area contributed by atoms with Crippen molar-refractivity contribution in [3.8, 4) is 22.6 Å². The molecule has 0 aliphatic carbocycles. The summed E-state index contributed by atoms with van der Waals surface area (Å²) in [5, 5.41) is 15.6. The molecule has 0 aliphatic rings. The van der Waals surface area contributed by atoms with E-state index in [0.717, 1.165) is 11.1 Å². The van der Waals surface area contributed by atoms with E-state index in [1.54, 1.807) is 56.1 Å². The smallest absolute Gasteiger partial charge is 0.278 e. The van der Waals surface area contributed by atoms with Gasteiger partial charge >= 0.3 is 0 Å². The van der Waals surface area contributed by atoms with E-state index in [2.05, 4.69) is 20.6 Å². The summed E-state index contributed by atoms with van der Waals surface area (Å²) in [5.41, 5.74) is 3.55. The van der Waals surface area contributed by atoms with Crippen molar-refractivity contribution in [2.75, 3.05) is 19.5 Å². The molecular formula is C21H19N5O3. The molecule has 0 saturated carbocycles. The first-order valence-corrected chi connectivity index (χ1v) is 8.92. The quantitative estimate of drug-likeness (QED) is 0.563. The minimum atomic E-state index is -0.375. The molecule has 2 heterocycles. The Kier molecular flexibility index (Phi) is 4.82. The van der Waals surface area contributed by atoms with E-state index < -0.39 is 0 Å². The molecule has 1 N–H and O–H groups in total. The van der Waals surface area contributed by atoms with E-state index in [-0.39, 0.29) is 11.6 Å². The van der Waals surface area contributed by atoms with E-state index in [1.807, 2.05) is 24.3 Å². The van der Waals surface area contributed by atoms with Crippen molar-refractivity contribution in [2.24, 2.45) is 0 Å². The molecule has 0 radical (unpaired) electrons. The lowest BCUT2D eigenvalue weighted by Gasteiger charge is -2.09. The van der Waals surface area contributed by atoms with Gasteiger partial charge in [0, 0.05) is 17.3 Å². The zero-order valence-electron chi connectivity index (χ0n) is 16.2. The Hall–Kier alpha value is -3.94. The van der Waals surface area contributed by atoms with Crippen molar-refractivity contribution >= 4 is 17.2 Å². The molecule has 0 spiro atoms. The van der Waals surface area contributed by atoms with Crippen LogP contribution in [0.15, 0.2) is 54.7 Å². The highest BCUT2D eigenvalue weighted by Crippen LogP contribution is 2.32. The molecular weight excluding hydrogens is 370 g/mol. The summed E-state index contributed by atoms with van der Waals surface area (Å²) in [6.07, 6.45) is 1.69. The molecule has 1 amide bonds. The van der Waals surface area contributed by atoms with Gasteiger partial charge < -0.3 is 14.8 Å². The second-order valence-corrected chi connectivity index (χ2v) is 6.31. The van der Waals surface area contributed by atoms with Gasteiger partial charge in [0.05, 0.1) is 31.7 Å². The number of nitrogens with zero attached hydrogens (tertiary/aromatic N) is 4. The Bertz CT molecular complexity index is 1200. The topological polar surface area (TPSA) is 90.6 Å². The monoisotopic (exact) mass is 389 g/mol. The van der Waals surface area contributed by atoms with Crippen molar-refractivity contribution in [3.63, 3.8) is 0 Å². The Balaban J connectivity index is 1.71. The van der Waals surface area contributed by atoms with Gasteiger partial charge in [-0.2, -0.15) is 5.10 Å². The van der Waals surface area contributed by atoms with Crippen LogP contribution in [0.25, 0.3) is 16.8 Å². The Morgan fingerprint density at radius 3 is 2.62 bits per heavy atom. The highest BCUT2D eigenvalue weighted by Gasteiger charge is 2.19. The third-order valence-electron chi connectivity index (χ3n) is 4.59. The summed E-state index contributed by atoms with van der Waals surface area (Å²) in [6, 6.07) is 14.7. The number of carbonyl (C=O) groups excluding carboxylic acids is 1. The Morgan fingerprint density at radius 1 is 1.00 bits per heavy atom. The number of rotatable bonds is 5. The fourth-order valence-corrected chi connectivity index (χ4v) is 3.11. The number of hydrogen-bond donors (Lipinski definition) is 1. The van der Waals surface area contributed by atoms with E-state index >= 15 is 0 Å². The van der Waals surface area contributed by atoms with Gasteiger partial charge in [0.2, 0.25) is 0 Å². The number of hydrogen-bond acceptors (Lipinski definition) is 6. The minimum absolute atomic E-state index is 0.190. The zero-order chi connectivity index (χ0) is 20.4. The molecule has 0 bridgehead atoms. The fourth-order valence-electron chi connectivity index (χ4n) is 3.11. The summed E-state index contributed by atoms with van der Waals surface area (Å²) < 4.78 is 12.2. The van der Waals surface area contributed by atoms with Crippen molar-refractivity contribution in [1.82, 2.24) is 19.8 Å². The van der Waals surface area contributed by atoms with E-state index in [9.17, 15) is 4.79 Å². The predicted molar refractivity (Wildman–Crippen MR) is 108 cm³/mol. The number of carbonyl (C=O) groups is 1. The number of anilines is 1. The minimum Gasteiger partial charge on any atom is -0.497 e. The first-order valence-electron chi connectivity index (χ1n) is 8.92. The Morgan fingerprint density at radius 2 is 1.83 bits per heavy atom. The summed E-state index contributed by atoms with van der Waals surface area (Å²) in [7, 11) is 3.18. The second-order valence-electron chi connectivity index (χ2n) is 6.31. The lowest BCUT2D eigenvalue weighted by Crippen LogP contribution is -2.18. The number of para-hydroxylation sites is 1. The maximum absolute atomic E-state index is 12.7. The molecule has 0 fully saturated rings. The van der Waals surface area contributed by atoms with Gasteiger partial charge in [-0.05, 0) is 25.1 Å². The third kappa shape index (κ3) is 3.36. The fraction of sp³-hybridized carbons (Fsp3) is 0.143. The molecule has 4 aromatic rings. The van der Waals surface area contributed by atoms with Gasteiger partial charge in [0.1, 0.15) is 11.5 Å². The van der Waals surface area contributed by atoms with Crippen LogP contribution in [0.4, 0.5) is 5.69 Å². The van der Waals surface area contributed by atoms with Crippen molar-refractivity contribution in [3.05, 3.63) is 66.1 Å². The van der Waals surface area contributed by atoms with Crippen LogP contribution in [0.5, 0.6) is 11.5 Å². The largest absolute Gasteiger partial charge is 0.497 e. The van der Waals surface area contributed by atoms with Crippen LogP contribution < -0.4 is 14.8 Å². The van der Waals surface area contributed by atoms with Crippen molar-refractivity contribution in [2.45, 2.75) is 6.92 Å². The number of aromatic nitrogens is 4. The zero-order valence-corrected chi connectivity index (χ0v) is 16.2. The molecule has 0 aliphatic heterocycles. The molecule has 0 saturated heterocycles. The van der Waals surface area contributed by atoms with Crippen molar-refractivity contribution in [1.29, 1.82) is 0 Å². The van der Waals surface area contributed by atoms with E-state index in [0.29, 0.717) is 28.5 Å². The molecule has 2 aromatic carbocycles. The summed E-state index contributed by atoms with van der Waals surface area (Å²) in [4.78, 5) is 12.7. The molecule has 146 valence electrons. The van der Waals surface area contributed by atoms with Gasteiger partial charge in [0.15, 0.2) is 11.3 Å². The summed E-state index contributed by atoms with van der Waals surface area (Å²) in [5.74, 6) is 0.982. The molecule has 29 heavy (non-hydrogen) atoms.